The number of hydrogen-bond donors (Lipinski definition) is 2. The SMILES string of the molecule is COC(=O)c1ccc(NC(=O)/C(C)=C/c2ccc(O)cc2)cc1. The van der Waals surface area contributed by atoms with Gasteiger partial charge in [-0.25, -0.2) is 4.79 Å². The highest BCUT2D eigenvalue weighted by molar-refractivity contribution is 6.06. The lowest BCUT2D eigenvalue weighted by Crippen LogP contribution is -2.12. The minimum absolute atomic E-state index is 0.176. The fourth-order valence-corrected chi connectivity index (χ4v) is 1.92. The fraction of sp³-hybridized carbons (Fsp3) is 0.111. The number of hydrogen-bond acceptors (Lipinski definition) is 4. The van der Waals surface area contributed by atoms with Crippen molar-refractivity contribution in [1.29, 1.82) is 0 Å². The van der Waals surface area contributed by atoms with E-state index in [1.165, 1.54) is 7.11 Å². The van der Waals surface area contributed by atoms with Crippen molar-refractivity contribution in [3.8, 4) is 5.75 Å². The van der Waals surface area contributed by atoms with E-state index < -0.39 is 5.97 Å². The average molecular weight is 311 g/mol. The summed E-state index contributed by atoms with van der Waals surface area (Å²) in [5.74, 6) is -0.495. The minimum Gasteiger partial charge on any atom is -0.508 e. The molecule has 0 aromatic heterocycles. The monoisotopic (exact) mass is 311 g/mol. The van der Waals surface area contributed by atoms with Gasteiger partial charge in [-0.2, -0.15) is 0 Å². The molecule has 0 radical (unpaired) electrons. The number of amides is 1. The molecule has 0 saturated heterocycles. The number of rotatable bonds is 4. The molecule has 2 aromatic carbocycles. The summed E-state index contributed by atoms with van der Waals surface area (Å²) in [4.78, 5) is 23.5. The Labute approximate surface area is 134 Å². The molecule has 5 heteroatoms. The number of anilines is 1. The number of methoxy groups -OCH3 is 1. The standard InChI is InChI=1S/C18H17NO4/c1-12(11-13-3-9-16(20)10-4-13)17(21)19-15-7-5-14(6-8-15)18(22)23-2/h3-11,20H,1-2H3,(H,19,21)/b12-11+. The quantitative estimate of drug-likeness (QED) is 0.671. The molecule has 0 heterocycles. The molecule has 0 aliphatic heterocycles. The van der Waals surface area contributed by atoms with Crippen molar-refractivity contribution < 1.29 is 19.4 Å². The number of esters is 1. The van der Waals surface area contributed by atoms with Crippen LogP contribution in [0.1, 0.15) is 22.8 Å². The highest BCUT2D eigenvalue weighted by atomic mass is 16.5. The Kier molecular flexibility index (Phi) is 5.15. The van der Waals surface area contributed by atoms with E-state index in [4.69, 9.17) is 0 Å². The van der Waals surface area contributed by atoms with Crippen LogP contribution >= 0.6 is 0 Å². The highest BCUT2D eigenvalue weighted by Gasteiger charge is 2.07. The van der Waals surface area contributed by atoms with Crippen LogP contribution in [0, 0.1) is 0 Å². The molecule has 0 fully saturated rings. The zero-order valence-electron chi connectivity index (χ0n) is 12.9. The molecule has 2 N–H and O–H groups in total. The summed E-state index contributed by atoms with van der Waals surface area (Å²) in [5, 5.41) is 12.0. The maximum Gasteiger partial charge on any atom is 0.337 e. The van der Waals surface area contributed by atoms with E-state index in [1.807, 2.05) is 0 Å². The zero-order valence-corrected chi connectivity index (χ0v) is 12.9. The van der Waals surface area contributed by atoms with Crippen LogP contribution < -0.4 is 5.32 Å². The van der Waals surface area contributed by atoms with Crippen molar-refractivity contribution in [3.63, 3.8) is 0 Å². The predicted molar refractivity (Wildman–Crippen MR) is 88.2 cm³/mol. The fourth-order valence-electron chi connectivity index (χ4n) is 1.92. The van der Waals surface area contributed by atoms with E-state index in [-0.39, 0.29) is 11.7 Å². The molecule has 0 aliphatic carbocycles. The Balaban J connectivity index is 2.06. The van der Waals surface area contributed by atoms with Gasteiger partial charge in [-0.15, -0.1) is 0 Å². The Morgan fingerprint density at radius 3 is 2.22 bits per heavy atom. The predicted octanol–water partition coefficient (Wildman–Crippen LogP) is 3.22. The van der Waals surface area contributed by atoms with Gasteiger partial charge in [0.1, 0.15) is 5.75 Å². The Morgan fingerprint density at radius 2 is 1.65 bits per heavy atom. The molecule has 0 bridgehead atoms. The summed E-state index contributed by atoms with van der Waals surface area (Å²) in [6.45, 7) is 1.70. The van der Waals surface area contributed by atoms with Gasteiger partial charge in [0.2, 0.25) is 0 Å². The molecule has 0 saturated carbocycles. The van der Waals surface area contributed by atoms with E-state index in [1.54, 1.807) is 61.5 Å². The van der Waals surface area contributed by atoms with Gasteiger partial charge in [-0.05, 0) is 55.0 Å². The number of ether oxygens (including phenoxy) is 1. The summed E-state index contributed by atoms with van der Waals surface area (Å²) in [6, 6.07) is 13.0. The summed E-state index contributed by atoms with van der Waals surface area (Å²) < 4.78 is 4.62. The third-order valence-corrected chi connectivity index (χ3v) is 3.20. The molecule has 1 amide bonds. The Morgan fingerprint density at radius 1 is 1.04 bits per heavy atom. The van der Waals surface area contributed by atoms with Crippen LogP contribution in [0.25, 0.3) is 6.08 Å². The van der Waals surface area contributed by atoms with E-state index in [2.05, 4.69) is 10.1 Å². The second kappa shape index (κ2) is 7.26. The zero-order chi connectivity index (χ0) is 16.8. The number of nitrogens with one attached hydrogen (secondary N) is 1. The molecule has 0 aliphatic rings. The van der Waals surface area contributed by atoms with E-state index in [0.29, 0.717) is 16.8 Å². The molecular weight excluding hydrogens is 294 g/mol. The molecule has 23 heavy (non-hydrogen) atoms. The van der Waals surface area contributed by atoms with Gasteiger partial charge in [0.15, 0.2) is 0 Å². The maximum absolute atomic E-state index is 12.1. The van der Waals surface area contributed by atoms with Gasteiger partial charge >= 0.3 is 5.97 Å². The third-order valence-electron chi connectivity index (χ3n) is 3.20. The van der Waals surface area contributed by atoms with E-state index in [0.717, 1.165) is 5.56 Å². The van der Waals surface area contributed by atoms with Crippen LogP contribution in [0.3, 0.4) is 0 Å². The first kappa shape index (κ1) is 16.3. The second-order valence-electron chi connectivity index (χ2n) is 4.94. The third kappa shape index (κ3) is 4.44. The number of phenols is 1. The maximum atomic E-state index is 12.1. The lowest BCUT2D eigenvalue weighted by atomic mass is 10.1. The first-order valence-corrected chi connectivity index (χ1v) is 6.96. The van der Waals surface area contributed by atoms with Crippen LogP contribution in [0.2, 0.25) is 0 Å². The first-order chi connectivity index (χ1) is 11.0. The lowest BCUT2D eigenvalue weighted by molar-refractivity contribution is -0.112. The molecule has 118 valence electrons. The van der Waals surface area contributed by atoms with E-state index >= 15 is 0 Å². The normalized spacial score (nSPS) is 11.0. The summed E-state index contributed by atoms with van der Waals surface area (Å²) in [7, 11) is 1.31. The van der Waals surface area contributed by atoms with Gasteiger partial charge in [0.05, 0.1) is 12.7 Å². The van der Waals surface area contributed by atoms with Gasteiger partial charge in [0, 0.05) is 11.3 Å². The van der Waals surface area contributed by atoms with Crippen LogP contribution in [-0.2, 0) is 9.53 Å². The molecule has 0 atom stereocenters. The minimum atomic E-state index is -0.425. The molecule has 0 spiro atoms. The van der Waals surface area contributed by atoms with Crippen LogP contribution in [0.5, 0.6) is 5.75 Å². The van der Waals surface area contributed by atoms with Crippen molar-refractivity contribution in [3.05, 3.63) is 65.2 Å². The number of aromatic hydroxyl groups is 1. The van der Waals surface area contributed by atoms with Crippen LogP contribution in [0.15, 0.2) is 54.1 Å². The van der Waals surface area contributed by atoms with Crippen LogP contribution in [-0.4, -0.2) is 24.1 Å². The average Bonchev–Trinajstić information content (AvgIpc) is 2.56. The topological polar surface area (TPSA) is 75.6 Å². The van der Waals surface area contributed by atoms with E-state index in [9.17, 15) is 14.7 Å². The van der Waals surface area contributed by atoms with Gasteiger partial charge in [-0.1, -0.05) is 12.1 Å². The summed E-state index contributed by atoms with van der Waals surface area (Å²) >= 11 is 0. The first-order valence-electron chi connectivity index (χ1n) is 6.96. The van der Waals surface area contributed by atoms with Crippen molar-refractivity contribution >= 4 is 23.6 Å². The number of carbonyl (C=O) groups excluding carboxylic acids is 2. The Hall–Kier alpha value is -3.08. The van der Waals surface area contributed by atoms with Crippen molar-refractivity contribution in [2.24, 2.45) is 0 Å². The Bertz CT molecular complexity index is 731. The van der Waals surface area contributed by atoms with Gasteiger partial charge in [-0.3, -0.25) is 4.79 Å². The van der Waals surface area contributed by atoms with Gasteiger partial charge < -0.3 is 15.2 Å². The number of benzene rings is 2. The van der Waals surface area contributed by atoms with Crippen LogP contribution in [0.4, 0.5) is 5.69 Å². The number of phenolic OH excluding ortho intramolecular Hbond substituents is 1. The second-order valence-corrected chi connectivity index (χ2v) is 4.94. The van der Waals surface area contributed by atoms with Gasteiger partial charge in [0.25, 0.3) is 5.91 Å². The molecule has 2 aromatic rings. The molecule has 5 nitrogen and oxygen atoms in total. The largest absolute Gasteiger partial charge is 0.508 e. The molecular formula is C18H17NO4. The summed E-state index contributed by atoms with van der Waals surface area (Å²) in [5.41, 5.74) is 2.34. The van der Waals surface area contributed by atoms with Crippen molar-refractivity contribution in [2.75, 3.05) is 12.4 Å². The molecule has 0 unspecified atom stereocenters. The highest BCUT2D eigenvalue weighted by Crippen LogP contribution is 2.15. The molecule has 2 rings (SSSR count). The number of carbonyl (C=O) groups is 2. The smallest absolute Gasteiger partial charge is 0.337 e. The summed E-state index contributed by atoms with van der Waals surface area (Å²) in [6.07, 6.45) is 1.72. The van der Waals surface area contributed by atoms with Crippen molar-refractivity contribution in [2.45, 2.75) is 6.92 Å². The lowest BCUT2D eigenvalue weighted by Gasteiger charge is -2.06. The van der Waals surface area contributed by atoms with Crippen molar-refractivity contribution in [1.82, 2.24) is 0 Å².